The number of nitrogens with one attached hydrogen (secondary N) is 2. The maximum Gasteiger partial charge on any atom is 0.332 e. The number of methoxy groups -OCH3 is 2. The van der Waals surface area contributed by atoms with Crippen LogP contribution in [0.3, 0.4) is 0 Å². The van der Waals surface area contributed by atoms with Gasteiger partial charge >= 0.3 is 6.03 Å². The van der Waals surface area contributed by atoms with Gasteiger partial charge in [-0.05, 0) is 42.9 Å². The SMILES string of the molecule is CNC(=O)C[C@H]1CN(Cc2ccc(OC)c(OC)c2)C(=O)[C@H](CC(C)C)N1C(=O)NN1CCCCC1. The maximum absolute atomic E-state index is 13.8. The van der Waals surface area contributed by atoms with Gasteiger partial charge < -0.3 is 24.6 Å². The van der Waals surface area contributed by atoms with Crippen molar-refractivity contribution in [1.29, 1.82) is 0 Å². The molecular formula is C26H41N5O5. The summed E-state index contributed by atoms with van der Waals surface area (Å²) in [4.78, 5) is 43.2. The number of piperazine rings is 1. The van der Waals surface area contributed by atoms with E-state index in [2.05, 4.69) is 10.7 Å². The molecule has 2 saturated heterocycles. The van der Waals surface area contributed by atoms with Crippen LogP contribution in [0.2, 0.25) is 0 Å². The lowest BCUT2D eigenvalue weighted by atomic mass is 9.94. The van der Waals surface area contributed by atoms with Crippen molar-refractivity contribution in [1.82, 2.24) is 25.6 Å². The molecular weight excluding hydrogens is 462 g/mol. The van der Waals surface area contributed by atoms with Crippen LogP contribution < -0.4 is 20.2 Å². The lowest BCUT2D eigenvalue weighted by Crippen LogP contribution is -2.67. The molecule has 2 heterocycles. The van der Waals surface area contributed by atoms with Gasteiger partial charge in [-0.25, -0.2) is 9.80 Å². The van der Waals surface area contributed by atoms with Gasteiger partial charge in [0.1, 0.15) is 6.04 Å². The standard InChI is InChI=1S/C26H41N5O5/c1-18(2)13-21-25(33)29(16-19-9-10-22(35-4)23(14-19)36-5)17-20(15-24(32)27-3)31(21)26(34)28-30-11-7-6-8-12-30/h9-10,14,18,20-21H,6-8,11-13,15-17H2,1-5H3,(H,27,32)(H,28,34)/t20-,21-/m0/s1. The molecule has 0 bridgehead atoms. The van der Waals surface area contributed by atoms with E-state index in [1.54, 1.807) is 31.1 Å². The first-order valence-electron chi connectivity index (χ1n) is 12.8. The largest absolute Gasteiger partial charge is 0.493 e. The number of nitrogens with zero attached hydrogens (tertiary/aromatic N) is 3. The van der Waals surface area contributed by atoms with Crippen LogP contribution in [-0.4, -0.2) is 85.6 Å². The van der Waals surface area contributed by atoms with Crippen LogP contribution in [0.15, 0.2) is 18.2 Å². The Morgan fingerprint density at radius 3 is 2.39 bits per heavy atom. The molecule has 36 heavy (non-hydrogen) atoms. The normalized spacial score (nSPS) is 20.9. The number of benzene rings is 1. The Morgan fingerprint density at radius 1 is 1.08 bits per heavy atom. The van der Waals surface area contributed by atoms with Gasteiger partial charge in [0.15, 0.2) is 11.5 Å². The van der Waals surface area contributed by atoms with Crippen LogP contribution in [-0.2, 0) is 16.1 Å². The zero-order valence-electron chi connectivity index (χ0n) is 22.2. The van der Waals surface area contributed by atoms with Gasteiger partial charge in [0.2, 0.25) is 11.8 Å². The van der Waals surface area contributed by atoms with E-state index in [1.807, 2.05) is 37.1 Å². The average molecular weight is 504 g/mol. The zero-order valence-corrected chi connectivity index (χ0v) is 22.2. The molecule has 2 aliphatic rings. The number of ether oxygens (including phenoxy) is 2. The predicted octanol–water partition coefficient (Wildman–Crippen LogP) is 2.38. The molecule has 2 fully saturated rings. The molecule has 3 rings (SSSR count). The molecule has 0 aromatic heterocycles. The molecule has 0 radical (unpaired) electrons. The van der Waals surface area contributed by atoms with Crippen molar-refractivity contribution in [3.05, 3.63) is 23.8 Å². The minimum Gasteiger partial charge on any atom is -0.493 e. The van der Waals surface area contributed by atoms with Crippen molar-refractivity contribution in [2.45, 2.75) is 64.6 Å². The highest BCUT2D eigenvalue weighted by Gasteiger charge is 2.44. The van der Waals surface area contributed by atoms with E-state index in [4.69, 9.17) is 9.47 Å². The highest BCUT2D eigenvalue weighted by molar-refractivity contribution is 5.89. The lowest BCUT2D eigenvalue weighted by molar-refractivity contribution is -0.146. The number of hydrazine groups is 1. The van der Waals surface area contributed by atoms with Crippen LogP contribution in [0.25, 0.3) is 0 Å². The summed E-state index contributed by atoms with van der Waals surface area (Å²) in [5, 5.41) is 4.60. The summed E-state index contributed by atoms with van der Waals surface area (Å²) in [5.41, 5.74) is 3.90. The topological polar surface area (TPSA) is 103 Å². The Morgan fingerprint density at radius 2 is 1.78 bits per heavy atom. The lowest BCUT2D eigenvalue weighted by Gasteiger charge is -2.47. The first-order chi connectivity index (χ1) is 17.3. The van der Waals surface area contributed by atoms with Gasteiger partial charge in [0, 0.05) is 39.6 Å². The fourth-order valence-corrected chi connectivity index (χ4v) is 5.00. The van der Waals surface area contributed by atoms with E-state index < -0.39 is 12.1 Å². The van der Waals surface area contributed by atoms with E-state index >= 15 is 0 Å². The number of hydrogen-bond donors (Lipinski definition) is 2. The summed E-state index contributed by atoms with van der Waals surface area (Å²) in [6.45, 7) is 6.26. The van der Waals surface area contributed by atoms with Crippen LogP contribution in [0.5, 0.6) is 11.5 Å². The van der Waals surface area contributed by atoms with Crippen molar-refractivity contribution >= 4 is 17.8 Å². The third-order valence-corrected chi connectivity index (χ3v) is 6.82. The smallest absolute Gasteiger partial charge is 0.332 e. The molecule has 10 nitrogen and oxygen atoms in total. The quantitative estimate of drug-likeness (QED) is 0.536. The highest BCUT2D eigenvalue weighted by atomic mass is 16.5. The second kappa shape index (κ2) is 12.8. The Kier molecular flexibility index (Phi) is 9.81. The second-order valence-corrected chi connectivity index (χ2v) is 9.96. The molecule has 2 atom stereocenters. The van der Waals surface area contributed by atoms with E-state index in [9.17, 15) is 14.4 Å². The van der Waals surface area contributed by atoms with Gasteiger partial charge in [-0.1, -0.05) is 26.3 Å². The van der Waals surface area contributed by atoms with Gasteiger partial charge in [-0.15, -0.1) is 0 Å². The number of carbonyl (C=O) groups is 3. The Labute approximate surface area is 214 Å². The van der Waals surface area contributed by atoms with Crippen molar-refractivity contribution in [3.63, 3.8) is 0 Å². The summed E-state index contributed by atoms with van der Waals surface area (Å²) >= 11 is 0. The van der Waals surface area contributed by atoms with E-state index in [0.29, 0.717) is 24.5 Å². The number of hydrogen-bond acceptors (Lipinski definition) is 6. The molecule has 10 heteroatoms. The van der Waals surface area contributed by atoms with Crippen LogP contribution in [0, 0.1) is 5.92 Å². The monoisotopic (exact) mass is 503 g/mol. The van der Waals surface area contributed by atoms with Gasteiger partial charge in [0.25, 0.3) is 0 Å². The van der Waals surface area contributed by atoms with Crippen molar-refractivity contribution in [3.8, 4) is 11.5 Å². The fraction of sp³-hybridized carbons (Fsp3) is 0.654. The number of piperidine rings is 1. The van der Waals surface area contributed by atoms with E-state index in [1.165, 1.54) is 0 Å². The molecule has 0 spiro atoms. The number of amides is 4. The Bertz CT molecular complexity index is 918. The molecule has 200 valence electrons. The first-order valence-corrected chi connectivity index (χ1v) is 12.8. The molecule has 4 amide bonds. The third-order valence-electron chi connectivity index (χ3n) is 6.82. The molecule has 0 saturated carbocycles. The third kappa shape index (κ3) is 6.81. The zero-order chi connectivity index (χ0) is 26.2. The van der Waals surface area contributed by atoms with Gasteiger partial charge in [-0.2, -0.15) is 0 Å². The van der Waals surface area contributed by atoms with E-state index in [0.717, 1.165) is 37.9 Å². The summed E-state index contributed by atoms with van der Waals surface area (Å²) in [7, 11) is 4.74. The van der Waals surface area contributed by atoms with Crippen molar-refractivity contribution in [2.24, 2.45) is 5.92 Å². The maximum atomic E-state index is 13.8. The summed E-state index contributed by atoms with van der Waals surface area (Å²) in [6, 6.07) is 4.15. The molecule has 2 N–H and O–H groups in total. The Balaban J connectivity index is 1.89. The fourth-order valence-electron chi connectivity index (χ4n) is 5.00. The molecule has 2 aliphatic heterocycles. The summed E-state index contributed by atoms with van der Waals surface area (Å²) in [6.07, 6.45) is 3.83. The number of carbonyl (C=O) groups excluding carboxylic acids is 3. The average Bonchev–Trinajstić information content (AvgIpc) is 2.86. The minimum absolute atomic E-state index is 0.111. The molecule has 0 unspecified atom stereocenters. The highest BCUT2D eigenvalue weighted by Crippen LogP contribution is 2.30. The van der Waals surface area contributed by atoms with Gasteiger partial charge in [-0.3, -0.25) is 15.0 Å². The van der Waals surface area contributed by atoms with E-state index in [-0.39, 0.29) is 36.7 Å². The van der Waals surface area contributed by atoms with Crippen LogP contribution in [0.4, 0.5) is 4.79 Å². The van der Waals surface area contributed by atoms with Crippen molar-refractivity contribution in [2.75, 3.05) is 40.9 Å². The molecule has 1 aromatic rings. The Hall–Kier alpha value is -3.01. The number of urea groups is 1. The first kappa shape index (κ1) is 27.6. The minimum atomic E-state index is -0.654. The number of rotatable bonds is 9. The van der Waals surface area contributed by atoms with Crippen LogP contribution >= 0.6 is 0 Å². The predicted molar refractivity (Wildman–Crippen MR) is 136 cm³/mol. The second-order valence-electron chi connectivity index (χ2n) is 9.96. The molecule has 0 aliphatic carbocycles. The van der Waals surface area contributed by atoms with Gasteiger partial charge in [0.05, 0.1) is 20.3 Å². The van der Waals surface area contributed by atoms with Crippen LogP contribution in [0.1, 0.15) is 51.5 Å². The summed E-state index contributed by atoms with van der Waals surface area (Å²) in [5.74, 6) is 1.11. The van der Waals surface area contributed by atoms with Crippen molar-refractivity contribution < 1.29 is 23.9 Å². The molecule has 1 aromatic carbocycles. The summed E-state index contributed by atoms with van der Waals surface area (Å²) < 4.78 is 10.8.